The van der Waals surface area contributed by atoms with Gasteiger partial charge in [-0.05, 0) is 43.3 Å². The van der Waals surface area contributed by atoms with E-state index in [-0.39, 0.29) is 11.6 Å². The first kappa shape index (κ1) is 20.8. The second-order valence-corrected chi connectivity index (χ2v) is 8.40. The Labute approximate surface area is 188 Å². The summed E-state index contributed by atoms with van der Waals surface area (Å²) in [4.78, 5) is 8.72. The van der Waals surface area contributed by atoms with E-state index in [1.807, 2.05) is 24.9 Å². The molecule has 1 aliphatic heterocycles. The zero-order valence-corrected chi connectivity index (χ0v) is 18.7. The van der Waals surface area contributed by atoms with Gasteiger partial charge in [0.1, 0.15) is 17.2 Å². The number of anilines is 3. The summed E-state index contributed by atoms with van der Waals surface area (Å²) in [6.45, 7) is 5.96. The van der Waals surface area contributed by atoms with Gasteiger partial charge in [-0.15, -0.1) is 0 Å². The van der Waals surface area contributed by atoms with Crippen LogP contribution in [-0.4, -0.2) is 52.4 Å². The van der Waals surface area contributed by atoms with E-state index >= 15 is 4.39 Å². The number of aryl methyl sites for hydroxylation is 1. The van der Waals surface area contributed by atoms with E-state index in [9.17, 15) is 4.39 Å². The van der Waals surface area contributed by atoms with Crippen molar-refractivity contribution in [3.05, 3.63) is 48.0 Å². The van der Waals surface area contributed by atoms with Crippen molar-refractivity contribution < 1.29 is 8.78 Å². The average Bonchev–Trinajstić information content (AvgIpc) is 3.45. The Balaban J connectivity index is 1.56. The molecule has 2 aromatic carbocycles. The van der Waals surface area contributed by atoms with Crippen molar-refractivity contribution >= 4 is 39.1 Å². The van der Waals surface area contributed by atoms with E-state index in [1.54, 1.807) is 22.9 Å². The number of benzene rings is 2. The van der Waals surface area contributed by atoms with Gasteiger partial charge in [-0.25, -0.2) is 13.5 Å². The fourth-order valence-electron chi connectivity index (χ4n) is 4.00. The van der Waals surface area contributed by atoms with Gasteiger partial charge in [-0.2, -0.15) is 14.5 Å². The molecule has 3 heterocycles. The first-order valence-corrected chi connectivity index (χ1v) is 11.3. The Bertz CT molecular complexity index is 1250. The maximum absolute atomic E-state index is 15.1. The molecule has 1 saturated heterocycles. The number of piperazine rings is 1. The van der Waals surface area contributed by atoms with Crippen molar-refractivity contribution in [1.29, 1.82) is 0 Å². The molecule has 7 nitrogen and oxygen atoms in total. The number of aromatic nitrogens is 4. The third kappa shape index (κ3) is 3.69. The van der Waals surface area contributed by atoms with Crippen LogP contribution in [0.1, 0.15) is 6.92 Å². The molecule has 0 atom stereocenters. The highest BCUT2D eigenvalue weighted by Gasteiger charge is 2.23. The van der Waals surface area contributed by atoms with Crippen molar-refractivity contribution in [2.45, 2.75) is 13.5 Å². The summed E-state index contributed by atoms with van der Waals surface area (Å²) in [5, 5.41) is 9.23. The zero-order valence-electron chi connectivity index (χ0n) is 17.8. The summed E-state index contributed by atoms with van der Waals surface area (Å²) < 4.78 is 34.5. The van der Waals surface area contributed by atoms with Gasteiger partial charge in [0, 0.05) is 67.9 Å². The minimum atomic E-state index is -0.331. The zero-order chi connectivity index (χ0) is 22.2. The molecule has 0 spiro atoms. The minimum absolute atomic E-state index is 0.304. The Kier molecular flexibility index (Phi) is 5.48. The molecular weight excluding hydrogens is 432 g/mol. The van der Waals surface area contributed by atoms with Crippen LogP contribution < -0.4 is 15.1 Å². The second-order valence-electron chi connectivity index (χ2n) is 7.67. The molecule has 0 aliphatic carbocycles. The molecule has 166 valence electrons. The van der Waals surface area contributed by atoms with Gasteiger partial charge in [-0.1, -0.05) is 0 Å². The summed E-state index contributed by atoms with van der Waals surface area (Å²) in [7, 11) is 1.88. The lowest BCUT2D eigenvalue weighted by Crippen LogP contribution is -2.43. The summed E-state index contributed by atoms with van der Waals surface area (Å²) >= 11 is 1.24. The van der Waals surface area contributed by atoms with E-state index in [1.165, 1.54) is 23.7 Å². The monoisotopic (exact) mass is 455 g/mol. The molecule has 0 radical (unpaired) electrons. The largest absolute Gasteiger partial charge is 0.369 e. The molecule has 32 heavy (non-hydrogen) atoms. The molecule has 0 unspecified atom stereocenters. The third-order valence-corrected chi connectivity index (χ3v) is 6.45. The minimum Gasteiger partial charge on any atom is -0.369 e. The Hall–Kier alpha value is -3.11. The van der Waals surface area contributed by atoms with Crippen molar-refractivity contribution in [3.63, 3.8) is 0 Å². The molecule has 2 aromatic heterocycles. The third-order valence-electron chi connectivity index (χ3n) is 5.66. The van der Waals surface area contributed by atoms with Gasteiger partial charge in [0.15, 0.2) is 11.6 Å². The molecule has 10 heteroatoms. The maximum Gasteiger partial charge on any atom is 0.210 e. The van der Waals surface area contributed by atoms with Gasteiger partial charge in [-0.3, -0.25) is 0 Å². The van der Waals surface area contributed by atoms with Crippen LogP contribution in [-0.2, 0) is 6.54 Å². The molecule has 0 saturated carbocycles. The summed E-state index contributed by atoms with van der Waals surface area (Å²) in [6, 6.07) is 9.67. The molecular formula is C22H23F2N7S. The first-order chi connectivity index (χ1) is 15.5. The fourth-order valence-corrected chi connectivity index (χ4v) is 4.65. The van der Waals surface area contributed by atoms with E-state index in [4.69, 9.17) is 0 Å². The molecule has 1 aliphatic rings. The van der Waals surface area contributed by atoms with Gasteiger partial charge in [0.05, 0.1) is 0 Å². The fraction of sp³-hybridized carbons (Fsp3) is 0.318. The second kappa shape index (κ2) is 8.44. The van der Waals surface area contributed by atoms with Crippen LogP contribution in [0.4, 0.5) is 25.4 Å². The van der Waals surface area contributed by atoms with Crippen LogP contribution in [0.3, 0.4) is 0 Å². The van der Waals surface area contributed by atoms with Crippen LogP contribution in [0.5, 0.6) is 0 Å². The van der Waals surface area contributed by atoms with Crippen molar-refractivity contribution in [1.82, 2.24) is 24.5 Å². The van der Waals surface area contributed by atoms with Crippen LogP contribution in [0.2, 0.25) is 0 Å². The van der Waals surface area contributed by atoms with Crippen LogP contribution in [0.25, 0.3) is 22.3 Å². The first-order valence-electron chi connectivity index (χ1n) is 10.5. The van der Waals surface area contributed by atoms with Gasteiger partial charge >= 0.3 is 0 Å². The summed E-state index contributed by atoms with van der Waals surface area (Å²) in [5.41, 5.74) is 1.94. The predicted molar refractivity (Wildman–Crippen MR) is 124 cm³/mol. The number of fused-ring (bicyclic) bond motifs is 1. The van der Waals surface area contributed by atoms with Crippen LogP contribution in [0.15, 0.2) is 36.4 Å². The number of halogens is 2. The molecule has 1 N–H and O–H groups in total. The molecule has 4 aromatic rings. The topological polar surface area (TPSA) is 62.1 Å². The van der Waals surface area contributed by atoms with E-state index < -0.39 is 0 Å². The lowest BCUT2D eigenvalue weighted by atomic mass is 10.2. The van der Waals surface area contributed by atoms with Crippen LogP contribution in [0, 0.1) is 11.6 Å². The van der Waals surface area contributed by atoms with Crippen molar-refractivity contribution in [2.75, 3.05) is 43.0 Å². The predicted octanol–water partition coefficient (Wildman–Crippen LogP) is 4.03. The van der Waals surface area contributed by atoms with Crippen molar-refractivity contribution in [3.8, 4) is 11.4 Å². The van der Waals surface area contributed by atoms with Gasteiger partial charge < -0.3 is 15.1 Å². The molecule has 5 rings (SSSR count). The van der Waals surface area contributed by atoms with Gasteiger partial charge in [0.2, 0.25) is 5.13 Å². The number of hydrogen-bond donors (Lipinski definition) is 1. The van der Waals surface area contributed by atoms with Gasteiger partial charge in [0.25, 0.3) is 0 Å². The van der Waals surface area contributed by atoms with Crippen LogP contribution >= 0.6 is 11.5 Å². The molecule has 0 bridgehead atoms. The lowest BCUT2D eigenvalue weighted by Gasteiger charge is -2.29. The van der Waals surface area contributed by atoms with E-state index in [2.05, 4.69) is 24.7 Å². The highest BCUT2D eigenvalue weighted by molar-refractivity contribution is 7.10. The number of nitrogens with zero attached hydrogens (tertiary/aromatic N) is 6. The highest BCUT2D eigenvalue weighted by atomic mass is 32.1. The average molecular weight is 456 g/mol. The number of rotatable bonds is 5. The quantitative estimate of drug-likeness (QED) is 0.490. The lowest BCUT2D eigenvalue weighted by molar-refractivity contribution is 0.585. The summed E-state index contributed by atoms with van der Waals surface area (Å²) in [6.07, 6.45) is 0. The standard InChI is InChI=1S/C22H23F2N7S/c1-3-31-21(29(2)22-26-20(28-32-22)14-4-6-15(23)7-5-14)17-12-16(13-18(24)19(17)27-31)30-10-8-25-9-11-30/h4-7,12-13,25H,3,8-11H2,1-2H3. The Morgan fingerprint density at radius 3 is 2.59 bits per heavy atom. The normalized spacial score (nSPS) is 14.3. The Morgan fingerprint density at radius 1 is 1.12 bits per heavy atom. The SMILES string of the molecule is CCn1nc2c(F)cc(N3CCNCC3)cc2c1N(C)c1nc(-c2ccc(F)cc2)ns1. The summed E-state index contributed by atoms with van der Waals surface area (Å²) in [5.74, 6) is 0.653. The Morgan fingerprint density at radius 2 is 1.88 bits per heavy atom. The van der Waals surface area contributed by atoms with Crippen molar-refractivity contribution in [2.24, 2.45) is 0 Å². The number of nitrogens with one attached hydrogen (secondary N) is 1. The number of hydrogen-bond acceptors (Lipinski definition) is 7. The maximum atomic E-state index is 15.1. The van der Waals surface area contributed by atoms with E-state index in [0.717, 1.165) is 48.6 Å². The van der Waals surface area contributed by atoms with E-state index in [0.29, 0.717) is 23.0 Å². The molecule has 0 amide bonds. The molecule has 1 fully saturated rings. The highest BCUT2D eigenvalue weighted by Crippen LogP contribution is 2.36. The smallest absolute Gasteiger partial charge is 0.210 e.